The zero-order chi connectivity index (χ0) is 15.2. The van der Waals surface area contributed by atoms with Crippen molar-refractivity contribution in [2.75, 3.05) is 5.32 Å². The van der Waals surface area contributed by atoms with Crippen LogP contribution in [0.2, 0.25) is 0 Å². The van der Waals surface area contributed by atoms with Gasteiger partial charge in [0.2, 0.25) is 0 Å². The molecule has 2 rings (SSSR count). The highest BCUT2D eigenvalue weighted by molar-refractivity contribution is 6.08. The van der Waals surface area contributed by atoms with Crippen molar-refractivity contribution in [1.82, 2.24) is 4.90 Å². The lowest BCUT2D eigenvalue weighted by atomic mass is 10.2. The van der Waals surface area contributed by atoms with E-state index in [2.05, 4.69) is 5.32 Å². The fraction of sp³-hybridized carbons (Fsp3) is 0.176. The minimum atomic E-state index is -0.426. The average Bonchev–Trinajstić information content (AvgIpc) is 2.49. The summed E-state index contributed by atoms with van der Waals surface area (Å²) >= 11 is 0. The highest BCUT2D eigenvalue weighted by Gasteiger charge is 2.25. The highest BCUT2D eigenvalue weighted by Crippen LogP contribution is 2.12. The van der Waals surface area contributed by atoms with E-state index in [1.54, 1.807) is 36.4 Å². The smallest absolute Gasteiger partial charge is 0.307 e. The molecule has 2 aromatic rings. The van der Waals surface area contributed by atoms with E-state index >= 15 is 0 Å². The number of hydrogen-bond donors (Lipinski definition) is 1. The van der Waals surface area contributed by atoms with Crippen LogP contribution in [-0.2, 0) is 0 Å². The summed E-state index contributed by atoms with van der Waals surface area (Å²) in [7, 11) is 0. The number of carbonyl (C=O) groups is 2. The third kappa shape index (κ3) is 3.69. The largest absolute Gasteiger partial charge is 0.329 e. The molecule has 0 saturated carbocycles. The first kappa shape index (κ1) is 14.8. The molecule has 4 heteroatoms. The van der Waals surface area contributed by atoms with Crippen molar-refractivity contribution in [3.63, 3.8) is 0 Å². The van der Waals surface area contributed by atoms with Crippen molar-refractivity contribution in [1.29, 1.82) is 0 Å². The summed E-state index contributed by atoms with van der Waals surface area (Å²) in [6, 6.07) is 17.2. The molecular weight excluding hydrogens is 264 g/mol. The van der Waals surface area contributed by atoms with E-state index in [-0.39, 0.29) is 11.9 Å². The van der Waals surface area contributed by atoms with Crippen LogP contribution in [0.15, 0.2) is 60.7 Å². The Kier molecular flexibility index (Phi) is 4.72. The Labute approximate surface area is 124 Å². The zero-order valence-electron chi connectivity index (χ0n) is 12.1. The van der Waals surface area contributed by atoms with E-state index in [1.807, 2.05) is 38.1 Å². The Bertz CT molecular complexity index is 609. The van der Waals surface area contributed by atoms with Gasteiger partial charge in [0.25, 0.3) is 5.91 Å². The van der Waals surface area contributed by atoms with Gasteiger partial charge < -0.3 is 5.32 Å². The molecule has 0 fully saturated rings. The molecule has 0 bridgehead atoms. The van der Waals surface area contributed by atoms with E-state index in [0.29, 0.717) is 11.3 Å². The molecule has 4 nitrogen and oxygen atoms in total. The summed E-state index contributed by atoms with van der Waals surface area (Å²) in [4.78, 5) is 26.1. The lowest BCUT2D eigenvalue weighted by Crippen LogP contribution is -2.44. The topological polar surface area (TPSA) is 49.4 Å². The number of para-hydroxylation sites is 1. The van der Waals surface area contributed by atoms with Gasteiger partial charge in [-0.1, -0.05) is 36.4 Å². The number of nitrogens with zero attached hydrogens (tertiary/aromatic N) is 1. The molecule has 0 saturated heterocycles. The van der Waals surface area contributed by atoms with Gasteiger partial charge in [0, 0.05) is 17.3 Å². The van der Waals surface area contributed by atoms with E-state index in [1.165, 1.54) is 4.90 Å². The molecule has 21 heavy (non-hydrogen) atoms. The number of imide groups is 1. The average molecular weight is 282 g/mol. The Hall–Kier alpha value is -2.62. The first-order valence-electron chi connectivity index (χ1n) is 6.84. The number of rotatable bonds is 3. The van der Waals surface area contributed by atoms with Crippen LogP contribution in [0, 0.1) is 0 Å². The predicted molar refractivity (Wildman–Crippen MR) is 83.2 cm³/mol. The van der Waals surface area contributed by atoms with E-state index in [0.717, 1.165) is 0 Å². The number of hydrogen-bond acceptors (Lipinski definition) is 2. The molecule has 0 aliphatic carbocycles. The van der Waals surface area contributed by atoms with Gasteiger partial charge in [0.15, 0.2) is 0 Å². The molecule has 2 aromatic carbocycles. The second-order valence-electron chi connectivity index (χ2n) is 4.93. The van der Waals surface area contributed by atoms with Crippen molar-refractivity contribution in [3.8, 4) is 0 Å². The third-order valence-electron chi connectivity index (χ3n) is 3.00. The number of nitrogens with one attached hydrogen (secondary N) is 1. The fourth-order valence-electron chi connectivity index (χ4n) is 1.99. The van der Waals surface area contributed by atoms with Crippen LogP contribution in [0.3, 0.4) is 0 Å². The van der Waals surface area contributed by atoms with E-state index in [9.17, 15) is 9.59 Å². The first-order chi connectivity index (χ1) is 10.1. The maximum Gasteiger partial charge on any atom is 0.329 e. The second kappa shape index (κ2) is 6.70. The monoisotopic (exact) mass is 282 g/mol. The molecule has 108 valence electrons. The number of anilines is 1. The molecule has 0 aliphatic heterocycles. The van der Waals surface area contributed by atoms with Crippen LogP contribution in [-0.4, -0.2) is 22.9 Å². The lowest BCUT2D eigenvalue weighted by molar-refractivity contribution is 0.0776. The van der Waals surface area contributed by atoms with Gasteiger partial charge in [0.1, 0.15) is 0 Å². The Morgan fingerprint density at radius 2 is 1.43 bits per heavy atom. The fourth-order valence-corrected chi connectivity index (χ4v) is 1.99. The minimum Gasteiger partial charge on any atom is -0.307 e. The normalized spacial score (nSPS) is 10.2. The maximum absolute atomic E-state index is 12.5. The third-order valence-corrected chi connectivity index (χ3v) is 3.00. The minimum absolute atomic E-state index is 0.235. The van der Waals surface area contributed by atoms with Gasteiger partial charge in [-0.15, -0.1) is 0 Å². The van der Waals surface area contributed by atoms with Crippen molar-refractivity contribution in [3.05, 3.63) is 66.2 Å². The molecule has 0 spiro atoms. The molecular formula is C17H18N2O2. The molecule has 0 unspecified atom stereocenters. The van der Waals surface area contributed by atoms with Crippen LogP contribution in [0.25, 0.3) is 0 Å². The number of amides is 3. The van der Waals surface area contributed by atoms with Gasteiger partial charge in [-0.2, -0.15) is 0 Å². The molecule has 0 aromatic heterocycles. The Morgan fingerprint density at radius 1 is 0.905 bits per heavy atom. The van der Waals surface area contributed by atoms with Crippen LogP contribution >= 0.6 is 0 Å². The van der Waals surface area contributed by atoms with Crippen LogP contribution in [0.5, 0.6) is 0 Å². The molecule has 3 amide bonds. The number of carbonyl (C=O) groups excluding carboxylic acids is 2. The molecule has 0 heterocycles. The van der Waals surface area contributed by atoms with Crippen LogP contribution in [0.4, 0.5) is 10.5 Å². The van der Waals surface area contributed by atoms with Crippen molar-refractivity contribution in [2.24, 2.45) is 0 Å². The summed E-state index contributed by atoms with van der Waals surface area (Å²) in [5, 5.41) is 2.74. The summed E-state index contributed by atoms with van der Waals surface area (Å²) in [6.07, 6.45) is 0. The van der Waals surface area contributed by atoms with Gasteiger partial charge in [0.05, 0.1) is 0 Å². The van der Waals surface area contributed by atoms with Gasteiger partial charge in [-0.3, -0.25) is 9.69 Å². The number of urea groups is 1. The van der Waals surface area contributed by atoms with Crippen molar-refractivity contribution >= 4 is 17.6 Å². The predicted octanol–water partition coefficient (Wildman–Crippen LogP) is 3.77. The molecule has 0 aliphatic rings. The maximum atomic E-state index is 12.5. The Balaban J connectivity index is 2.19. The zero-order valence-corrected chi connectivity index (χ0v) is 12.1. The van der Waals surface area contributed by atoms with E-state index < -0.39 is 6.03 Å². The standard InChI is InChI=1S/C17H18N2O2/c1-13(2)19(16(20)14-9-5-3-6-10-14)17(21)18-15-11-7-4-8-12-15/h3-13H,1-2H3,(H,18,21). The number of benzene rings is 2. The lowest BCUT2D eigenvalue weighted by Gasteiger charge is -2.25. The Morgan fingerprint density at radius 3 is 1.95 bits per heavy atom. The summed E-state index contributed by atoms with van der Waals surface area (Å²) in [5.74, 6) is -0.306. The first-order valence-corrected chi connectivity index (χ1v) is 6.84. The summed E-state index contributed by atoms with van der Waals surface area (Å²) in [5.41, 5.74) is 1.16. The van der Waals surface area contributed by atoms with E-state index in [4.69, 9.17) is 0 Å². The van der Waals surface area contributed by atoms with Crippen LogP contribution < -0.4 is 5.32 Å². The summed E-state index contributed by atoms with van der Waals surface area (Å²) < 4.78 is 0. The van der Waals surface area contributed by atoms with Crippen molar-refractivity contribution < 1.29 is 9.59 Å². The molecule has 0 radical (unpaired) electrons. The second-order valence-corrected chi connectivity index (χ2v) is 4.93. The molecule has 1 N–H and O–H groups in total. The van der Waals surface area contributed by atoms with Gasteiger partial charge in [-0.25, -0.2) is 4.79 Å². The van der Waals surface area contributed by atoms with Gasteiger partial charge >= 0.3 is 6.03 Å². The highest BCUT2D eigenvalue weighted by atomic mass is 16.2. The van der Waals surface area contributed by atoms with Gasteiger partial charge in [-0.05, 0) is 38.1 Å². The van der Waals surface area contributed by atoms with Crippen molar-refractivity contribution in [2.45, 2.75) is 19.9 Å². The summed E-state index contributed by atoms with van der Waals surface area (Å²) in [6.45, 7) is 3.62. The quantitative estimate of drug-likeness (QED) is 0.931. The SMILES string of the molecule is CC(C)N(C(=O)Nc1ccccc1)C(=O)c1ccccc1. The molecule has 0 atom stereocenters. The van der Waals surface area contributed by atoms with Crippen LogP contribution in [0.1, 0.15) is 24.2 Å².